The summed E-state index contributed by atoms with van der Waals surface area (Å²) in [4.78, 5) is 10.5. The second-order valence-corrected chi connectivity index (χ2v) is 6.42. The number of allylic oxidation sites excluding steroid dienone is 11. The second kappa shape index (κ2) is 7.79. The van der Waals surface area contributed by atoms with Gasteiger partial charge in [-0.1, -0.05) is 62.0 Å². The Hall–Kier alpha value is -2.09. The molecule has 1 aliphatic rings. The summed E-state index contributed by atoms with van der Waals surface area (Å²) in [5, 5.41) is 8.65. The lowest BCUT2D eigenvalue weighted by atomic mass is 9.75. The predicted octanol–water partition coefficient (Wildman–Crippen LogP) is 5.38. The molecule has 0 saturated carbocycles. The average molecular weight is 298 g/mol. The highest BCUT2D eigenvalue weighted by atomic mass is 16.4. The van der Waals surface area contributed by atoms with Crippen LogP contribution < -0.4 is 0 Å². The molecule has 0 unspecified atom stereocenters. The van der Waals surface area contributed by atoms with Gasteiger partial charge in [0.15, 0.2) is 0 Å². The molecule has 0 fully saturated rings. The lowest BCUT2D eigenvalue weighted by molar-refractivity contribution is -0.131. The number of aliphatic carboxylic acids is 1. The molecule has 2 nitrogen and oxygen atoms in total. The van der Waals surface area contributed by atoms with Crippen LogP contribution in [0.3, 0.4) is 0 Å². The Morgan fingerprint density at radius 1 is 1.23 bits per heavy atom. The summed E-state index contributed by atoms with van der Waals surface area (Å²) in [6, 6.07) is 0. The molecule has 0 atom stereocenters. The third-order valence-electron chi connectivity index (χ3n) is 3.73. The van der Waals surface area contributed by atoms with Crippen LogP contribution in [0.5, 0.6) is 0 Å². The first-order chi connectivity index (χ1) is 10.2. The average Bonchev–Trinajstić information content (AvgIpc) is 2.36. The van der Waals surface area contributed by atoms with E-state index in [1.807, 2.05) is 19.1 Å². The van der Waals surface area contributed by atoms with Crippen molar-refractivity contribution < 1.29 is 9.90 Å². The minimum Gasteiger partial charge on any atom is -0.478 e. The summed E-state index contributed by atoms with van der Waals surface area (Å²) < 4.78 is 0. The number of hydrogen-bond donors (Lipinski definition) is 1. The fourth-order valence-corrected chi connectivity index (χ4v) is 2.49. The number of hydrogen-bond acceptors (Lipinski definition) is 1. The Morgan fingerprint density at radius 3 is 2.50 bits per heavy atom. The van der Waals surface area contributed by atoms with E-state index >= 15 is 0 Å². The van der Waals surface area contributed by atoms with E-state index in [0.717, 1.165) is 17.6 Å². The van der Waals surface area contributed by atoms with Crippen LogP contribution >= 0.6 is 0 Å². The molecule has 0 radical (unpaired) electrons. The van der Waals surface area contributed by atoms with Gasteiger partial charge >= 0.3 is 5.97 Å². The first-order valence-corrected chi connectivity index (χ1v) is 7.54. The molecule has 0 saturated heterocycles. The summed E-state index contributed by atoms with van der Waals surface area (Å²) in [7, 11) is 0. The summed E-state index contributed by atoms with van der Waals surface area (Å²) >= 11 is 0. The predicted molar refractivity (Wildman–Crippen MR) is 93.7 cm³/mol. The second-order valence-electron chi connectivity index (χ2n) is 6.42. The molecule has 0 aromatic rings. The molecule has 1 N–H and O–H groups in total. The Kier molecular flexibility index (Phi) is 6.36. The molecule has 0 aromatic heterocycles. The van der Waals surface area contributed by atoms with Crippen LogP contribution in [-0.4, -0.2) is 11.1 Å². The van der Waals surface area contributed by atoms with Gasteiger partial charge < -0.3 is 5.11 Å². The van der Waals surface area contributed by atoms with E-state index in [1.165, 1.54) is 17.2 Å². The van der Waals surface area contributed by atoms with Crippen molar-refractivity contribution in [3.8, 4) is 0 Å². The van der Waals surface area contributed by atoms with Gasteiger partial charge in [-0.2, -0.15) is 0 Å². The first-order valence-electron chi connectivity index (χ1n) is 7.54. The van der Waals surface area contributed by atoms with E-state index in [1.54, 1.807) is 13.0 Å². The monoisotopic (exact) mass is 298 g/mol. The van der Waals surface area contributed by atoms with Crippen molar-refractivity contribution in [1.29, 1.82) is 0 Å². The van der Waals surface area contributed by atoms with Gasteiger partial charge in [0.05, 0.1) is 0 Å². The van der Waals surface area contributed by atoms with Gasteiger partial charge in [0.2, 0.25) is 0 Å². The third-order valence-corrected chi connectivity index (χ3v) is 3.73. The van der Waals surface area contributed by atoms with E-state index in [0.29, 0.717) is 0 Å². The van der Waals surface area contributed by atoms with Crippen molar-refractivity contribution in [3.63, 3.8) is 0 Å². The van der Waals surface area contributed by atoms with Crippen LogP contribution in [0.25, 0.3) is 0 Å². The quantitative estimate of drug-likeness (QED) is 0.546. The highest BCUT2D eigenvalue weighted by Crippen LogP contribution is 2.37. The minimum absolute atomic E-state index is 0.173. The molecule has 1 rings (SSSR count). The zero-order chi connectivity index (χ0) is 16.8. The standard InChI is InChI=1S/C20H26O2/c1-15(8-6-9-16(2)14-19(21)22)11-12-18-17(3)10-7-13-20(18,4)5/h6-12,14H,13H2,1-5H3,(H,21,22)/b9-6+,12-11+,15-8-,16-14-. The van der Waals surface area contributed by atoms with Gasteiger partial charge in [-0.15, -0.1) is 0 Å². The number of carbonyl (C=O) groups is 1. The summed E-state index contributed by atoms with van der Waals surface area (Å²) in [5.41, 5.74) is 4.71. The van der Waals surface area contributed by atoms with Gasteiger partial charge in [-0.25, -0.2) is 4.79 Å². The molecule has 118 valence electrons. The van der Waals surface area contributed by atoms with Crippen LogP contribution in [0.2, 0.25) is 0 Å². The van der Waals surface area contributed by atoms with Crippen LogP contribution in [0.15, 0.2) is 70.9 Å². The van der Waals surface area contributed by atoms with E-state index in [2.05, 4.69) is 45.1 Å². The van der Waals surface area contributed by atoms with Crippen molar-refractivity contribution in [2.75, 3.05) is 0 Å². The van der Waals surface area contributed by atoms with E-state index in [4.69, 9.17) is 5.11 Å². The number of carboxylic acid groups (broad SMARTS) is 1. The van der Waals surface area contributed by atoms with Crippen molar-refractivity contribution >= 4 is 5.97 Å². The molecule has 22 heavy (non-hydrogen) atoms. The molecule has 0 aromatic carbocycles. The number of carboxylic acids is 1. The molecule has 0 aliphatic heterocycles. The van der Waals surface area contributed by atoms with Crippen LogP contribution in [-0.2, 0) is 4.79 Å². The van der Waals surface area contributed by atoms with Gasteiger partial charge in [-0.3, -0.25) is 0 Å². The molecule has 0 amide bonds. The number of rotatable bonds is 5. The smallest absolute Gasteiger partial charge is 0.328 e. The molecule has 0 spiro atoms. The van der Waals surface area contributed by atoms with Gasteiger partial charge in [0, 0.05) is 6.08 Å². The van der Waals surface area contributed by atoms with E-state index < -0.39 is 5.97 Å². The fraction of sp³-hybridized carbons (Fsp3) is 0.350. The molecule has 2 heteroatoms. The molecule has 0 heterocycles. The SMILES string of the molecule is CC1=C(/C=C/C(C)=C\C=C\C(C)=C/C(=O)O)C(C)(C)CC=C1. The topological polar surface area (TPSA) is 37.3 Å². The van der Waals surface area contributed by atoms with Crippen LogP contribution in [0, 0.1) is 5.41 Å². The molecular formula is C20H26O2. The van der Waals surface area contributed by atoms with Gasteiger partial charge in [-0.05, 0) is 49.3 Å². The van der Waals surface area contributed by atoms with Gasteiger partial charge in [0.25, 0.3) is 0 Å². The largest absolute Gasteiger partial charge is 0.478 e. The normalized spacial score (nSPS) is 19.5. The zero-order valence-electron chi connectivity index (χ0n) is 14.2. The lowest BCUT2D eigenvalue weighted by Crippen LogP contribution is -2.16. The summed E-state index contributed by atoms with van der Waals surface area (Å²) in [6.07, 6.45) is 16.6. The Labute approximate surface area is 133 Å². The van der Waals surface area contributed by atoms with E-state index in [-0.39, 0.29) is 5.41 Å². The summed E-state index contributed by atoms with van der Waals surface area (Å²) in [5.74, 6) is -0.919. The molecular weight excluding hydrogens is 272 g/mol. The van der Waals surface area contributed by atoms with Crippen molar-refractivity contribution in [2.24, 2.45) is 5.41 Å². The molecule has 0 bridgehead atoms. The lowest BCUT2D eigenvalue weighted by Gasteiger charge is -2.29. The maximum atomic E-state index is 10.5. The summed E-state index contributed by atoms with van der Waals surface area (Å²) in [6.45, 7) is 10.5. The highest BCUT2D eigenvalue weighted by Gasteiger charge is 2.23. The Morgan fingerprint density at radius 2 is 1.91 bits per heavy atom. The highest BCUT2D eigenvalue weighted by molar-refractivity contribution is 5.81. The van der Waals surface area contributed by atoms with Crippen molar-refractivity contribution in [1.82, 2.24) is 0 Å². The van der Waals surface area contributed by atoms with Crippen LogP contribution in [0.1, 0.15) is 41.0 Å². The minimum atomic E-state index is -0.919. The first kappa shape index (κ1) is 18.0. The Bertz CT molecular complexity index is 606. The van der Waals surface area contributed by atoms with Crippen molar-refractivity contribution in [2.45, 2.75) is 41.0 Å². The Balaban J connectivity index is 2.82. The van der Waals surface area contributed by atoms with Gasteiger partial charge in [0.1, 0.15) is 0 Å². The molecule has 1 aliphatic carbocycles. The fourth-order valence-electron chi connectivity index (χ4n) is 2.49. The van der Waals surface area contributed by atoms with Crippen LogP contribution in [0.4, 0.5) is 0 Å². The maximum Gasteiger partial charge on any atom is 0.328 e. The van der Waals surface area contributed by atoms with E-state index in [9.17, 15) is 4.79 Å². The maximum absolute atomic E-state index is 10.5. The third kappa shape index (κ3) is 5.72. The zero-order valence-corrected chi connectivity index (χ0v) is 14.2. The van der Waals surface area contributed by atoms with Crippen molar-refractivity contribution in [3.05, 3.63) is 70.9 Å².